The largest absolute Gasteiger partial charge is 0.349 e. The minimum Gasteiger partial charge on any atom is -0.349 e. The molecule has 0 bridgehead atoms. The molecule has 0 radical (unpaired) electrons. The van der Waals surface area contributed by atoms with Gasteiger partial charge in [-0.15, -0.1) is 0 Å². The lowest BCUT2D eigenvalue weighted by atomic mass is 10.1. The highest BCUT2D eigenvalue weighted by Gasteiger charge is 2.21. The standard InChI is InChI=1S/C18H22N4O2/c1-13(15-11-19-21(2)12-15)20-17(23)10-14-5-7-16(8-6-14)22-9-3-4-18(22)24/h5-8,11-13H,3-4,9-10H2,1-2H3,(H,20,23). The molecule has 1 aliphatic heterocycles. The summed E-state index contributed by atoms with van der Waals surface area (Å²) >= 11 is 0. The third-order valence-electron chi connectivity index (χ3n) is 4.29. The summed E-state index contributed by atoms with van der Waals surface area (Å²) in [5.74, 6) is 0.141. The van der Waals surface area contributed by atoms with Gasteiger partial charge in [-0.3, -0.25) is 14.3 Å². The zero-order chi connectivity index (χ0) is 17.1. The van der Waals surface area contributed by atoms with E-state index in [1.54, 1.807) is 15.8 Å². The summed E-state index contributed by atoms with van der Waals surface area (Å²) in [4.78, 5) is 25.7. The van der Waals surface area contributed by atoms with Crippen molar-refractivity contribution >= 4 is 17.5 Å². The monoisotopic (exact) mass is 326 g/mol. The maximum Gasteiger partial charge on any atom is 0.227 e. The summed E-state index contributed by atoms with van der Waals surface area (Å²) in [5, 5.41) is 7.09. The van der Waals surface area contributed by atoms with E-state index in [4.69, 9.17) is 0 Å². The highest BCUT2D eigenvalue weighted by molar-refractivity contribution is 5.95. The van der Waals surface area contributed by atoms with Gasteiger partial charge in [0, 0.05) is 37.5 Å². The molecular weight excluding hydrogens is 304 g/mol. The predicted octanol–water partition coefficient (Wildman–Crippen LogP) is 1.97. The first-order valence-electron chi connectivity index (χ1n) is 8.20. The Morgan fingerprint density at radius 3 is 2.67 bits per heavy atom. The summed E-state index contributed by atoms with van der Waals surface area (Å²) in [5.41, 5.74) is 2.82. The molecule has 1 aromatic carbocycles. The minimum absolute atomic E-state index is 0.0312. The van der Waals surface area contributed by atoms with Gasteiger partial charge in [0.25, 0.3) is 0 Å². The van der Waals surface area contributed by atoms with Crippen LogP contribution in [0.3, 0.4) is 0 Å². The van der Waals surface area contributed by atoms with E-state index in [9.17, 15) is 9.59 Å². The van der Waals surface area contributed by atoms with Crippen molar-refractivity contribution in [3.63, 3.8) is 0 Å². The maximum atomic E-state index is 12.2. The van der Waals surface area contributed by atoms with Gasteiger partial charge in [0.15, 0.2) is 0 Å². The van der Waals surface area contributed by atoms with Gasteiger partial charge in [0.1, 0.15) is 0 Å². The number of nitrogens with zero attached hydrogens (tertiary/aromatic N) is 3. The number of amides is 2. The molecule has 0 spiro atoms. The van der Waals surface area contributed by atoms with Crippen LogP contribution in [-0.4, -0.2) is 28.1 Å². The molecule has 1 atom stereocenters. The lowest BCUT2D eigenvalue weighted by Gasteiger charge is -2.16. The smallest absolute Gasteiger partial charge is 0.227 e. The van der Waals surface area contributed by atoms with Crippen molar-refractivity contribution in [2.75, 3.05) is 11.4 Å². The number of aromatic nitrogens is 2. The quantitative estimate of drug-likeness (QED) is 0.913. The van der Waals surface area contributed by atoms with Gasteiger partial charge in [-0.1, -0.05) is 12.1 Å². The normalized spacial score (nSPS) is 15.6. The van der Waals surface area contributed by atoms with E-state index < -0.39 is 0 Å². The van der Waals surface area contributed by atoms with E-state index >= 15 is 0 Å². The highest BCUT2D eigenvalue weighted by atomic mass is 16.2. The molecule has 24 heavy (non-hydrogen) atoms. The third-order valence-corrected chi connectivity index (χ3v) is 4.29. The number of anilines is 1. The summed E-state index contributed by atoms with van der Waals surface area (Å²) < 4.78 is 1.72. The molecular formula is C18H22N4O2. The lowest BCUT2D eigenvalue weighted by molar-refractivity contribution is -0.121. The molecule has 1 fully saturated rings. The first-order valence-corrected chi connectivity index (χ1v) is 8.20. The Kier molecular flexibility index (Phi) is 4.64. The van der Waals surface area contributed by atoms with Crippen LogP contribution in [0.15, 0.2) is 36.7 Å². The second-order valence-corrected chi connectivity index (χ2v) is 6.23. The summed E-state index contributed by atoms with van der Waals surface area (Å²) in [6, 6.07) is 7.57. The van der Waals surface area contributed by atoms with Crippen molar-refractivity contribution in [2.45, 2.75) is 32.2 Å². The van der Waals surface area contributed by atoms with Gasteiger partial charge in [-0.05, 0) is 31.0 Å². The Bertz CT molecular complexity index is 736. The van der Waals surface area contributed by atoms with Gasteiger partial charge in [0.2, 0.25) is 11.8 Å². The van der Waals surface area contributed by atoms with E-state index in [0.29, 0.717) is 12.8 Å². The fraction of sp³-hybridized carbons (Fsp3) is 0.389. The van der Waals surface area contributed by atoms with Crippen LogP contribution in [-0.2, 0) is 23.1 Å². The molecule has 0 aliphatic carbocycles. The Morgan fingerprint density at radius 2 is 2.08 bits per heavy atom. The van der Waals surface area contributed by atoms with Crippen LogP contribution in [0.4, 0.5) is 5.69 Å². The Hall–Kier alpha value is -2.63. The van der Waals surface area contributed by atoms with Crippen LogP contribution < -0.4 is 10.2 Å². The average molecular weight is 326 g/mol. The summed E-state index contributed by atoms with van der Waals surface area (Å²) in [7, 11) is 1.85. The predicted molar refractivity (Wildman–Crippen MR) is 91.5 cm³/mol. The lowest BCUT2D eigenvalue weighted by Crippen LogP contribution is -2.28. The highest BCUT2D eigenvalue weighted by Crippen LogP contribution is 2.21. The molecule has 6 heteroatoms. The van der Waals surface area contributed by atoms with Crippen molar-refractivity contribution in [3.05, 3.63) is 47.8 Å². The zero-order valence-corrected chi connectivity index (χ0v) is 14.0. The van der Waals surface area contributed by atoms with Crippen LogP contribution in [0.25, 0.3) is 0 Å². The first kappa shape index (κ1) is 16.2. The van der Waals surface area contributed by atoms with E-state index in [1.165, 1.54) is 0 Å². The van der Waals surface area contributed by atoms with Crippen LogP contribution in [0.5, 0.6) is 0 Å². The summed E-state index contributed by atoms with van der Waals surface area (Å²) in [6.45, 7) is 2.72. The van der Waals surface area contributed by atoms with Gasteiger partial charge in [0.05, 0.1) is 18.7 Å². The molecule has 1 saturated heterocycles. The first-order chi connectivity index (χ1) is 11.5. The van der Waals surface area contributed by atoms with E-state index in [2.05, 4.69) is 10.4 Å². The molecule has 6 nitrogen and oxygen atoms in total. The van der Waals surface area contributed by atoms with Crippen molar-refractivity contribution in [1.82, 2.24) is 15.1 Å². The summed E-state index contributed by atoms with van der Waals surface area (Å²) in [6.07, 6.45) is 5.50. The number of hydrogen-bond donors (Lipinski definition) is 1. The second kappa shape index (κ2) is 6.86. The molecule has 3 rings (SSSR count). The molecule has 1 unspecified atom stereocenters. The van der Waals surface area contributed by atoms with Gasteiger partial charge in [-0.2, -0.15) is 5.10 Å². The van der Waals surface area contributed by atoms with Crippen molar-refractivity contribution < 1.29 is 9.59 Å². The number of benzene rings is 1. The van der Waals surface area contributed by atoms with E-state index in [-0.39, 0.29) is 17.9 Å². The molecule has 0 saturated carbocycles. The van der Waals surface area contributed by atoms with Crippen molar-refractivity contribution in [3.8, 4) is 0 Å². The topological polar surface area (TPSA) is 67.2 Å². The van der Waals surface area contributed by atoms with Gasteiger partial charge >= 0.3 is 0 Å². The van der Waals surface area contributed by atoms with Crippen LogP contribution in [0.2, 0.25) is 0 Å². The molecule has 1 aromatic heterocycles. The number of carbonyl (C=O) groups excluding carboxylic acids is 2. The number of hydrogen-bond acceptors (Lipinski definition) is 3. The second-order valence-electron chi connectivity index (χ2n) is 6.23. The van der Waals surface area contributed by atoms with Crippen molar-refractivity contribution in [1.29, 1.82) is 0 Å². The number of aryl methyl sites for hydroxylation is 1. The fourth-order valence-electron chi connectivity index (χ4n) is 2.94. The molecule has 2 heterocycles. The van der Waals surface area contributed by atoms with Crippen LogP contribution >= 0.6 is 0 Å². The Morgan fingerprint density at radius 1 is 1.33 bits per heavy atom. The minimum atomic E-state index is -0.0762. The van der Waals surface area contributed by atoms with E-state index in [0.717, 1.165) is 29.8 Å². The molecule has 2 aromatic rings. The van der Waals surface area contributed by atoms with Crippen molar-refractivity contribution in [2.24, 2.45) is 7.05 Å². The molecule has 1 N–H and O–H groups in total. The van der Waals surface area contributed by atoms with Gasteiger partial charge < -0.3 is 10.2 Å². The zero-order valence-electron chi connectivity index (χ0n) is 14.0. The average Bonchev–Trinajstić information content (AvgIpc) is 3.16. The van der Waals surface area contributed by atoms with Crippen LogP contribution in [0, 0.1) is 0 Å². The van der Waals surface area contributed by atoms with Crippen LogP contribution in [0.1, 0.15) is 36.9 Å². The molecule has 126 valence electrons. The molecule has 1 aliphatic rings. The number of rotatable bonds is 5. The fourth-order valence-corrected chi connectivity index (χ4v) is 2.94. The number of nitrogens with one attached hydrogen (secondary N) is 1. The van der Waals surface area contributed by atoms with Gasteiger partial charge in [-0.25, -0.2) is 0 Å². The Balaban J connectivity index is 1.57. The molecule has 2 amide bonds. The number of carbonyl (C=O) groups is 2. The maximum absolute atomic E-state index is 12.2. The SMILES string of the molecule is CC(NC(=O)Cc1ccc(N2CCCC2=O)cc1)c1cnn(C)c1. The van der Waals surface area contributed by atoms with E-state index in [1.807, 2.05) is 44.4 Å². The Labute approximate surface area is 141 Å². The third kappa shape index (κ3) is 3.64.